The Morgan fingerprint density at radius 3 is 2.58 bits per heavy atom. The van der Waals surface area contributed by atoms with Gasteiger partial charge in [-0.2, -0.15) is 0 Å². The lowest BCUT2D eigenvalue weighted by Gasteiger charge is -2.15. The third kappa shape index (κ3) is 2.40. The quantitative estimate of drug-likeness (QED) is 0.767. The molecule has 0 aliphatic heterocycles. The van der Waals surface area contributed by atoms with E-state index in [1.165, 1.54) is 5.39 Å². The summed E-state index contributed by atoms with van der Waals surface area (Å²) in [5, 5.41) is 5.75. The lowest BCUT2D eigenvalue weighted by molar-refractivity contribution is 0.834. The van der Waals surface area contributed by atoms with Gasteiger partial charge in [-0.05, 0) is 30.5 Å². The van der Waals surface area contributed by atoms with Gasteiger partial charge in [-0.1, -0.05) is 30.3 Å². The van der Waals surface area contributed by atoms with E-state index in [9.17, 15) is 0 Å². The van der Waals surface area contributed by atoms with Crippen molar-refractivity contribution in [1.29, 1.82) is 0 Å². The molecule has 0 saturated heterocycles. The third-order valence-corrected chi connectivity index (χ3v) is 3.16. The Kier molecular flexibility index (Phi) is 3.11. The Morgan fingerprint density at radius 2 is 1.74 bits per heavy atom. The Bertz CT molecular complexity index is 674. The smallest absolute Gasteiger partial charge is 0.134 e. The highest BCUT2D eigenvalue weighted by Gasteiger charge is 2.08. The molecule has 3 heteroatoms. The van der Waals surface area contributed by atoms with Gasteiger partial charge in [-0.3, -0.25) is 4.98 Å². The molecule has 3 rings (SSSR count). The van der Waals surface area contributed by atoms with Crippen LogP contribution in [0.5, 0.6) is 0 Å². The minimum absolute atomic E-state index is 0.125. The molecule has 1 N–H and O–H groups in total. The van der Waals surface area contributed by atoms with Crippen molar-refractivity contribution in [2.75, 3.05) is 5.32 Å². The predicted molar refractivity (Wildman–Crippen MR) is 78.0 cm³/mol. The molecule has 0 aliphatic carbocycles. The Balaban J connectivity index is 1.94. The zero-order valence-corrected chi connectivity index (χ0v) is 10.7. The van der Waals surface area contributed by atoms with Crippen LogP contribution in [0, 0.1) is 0 Å². The molecule has 0 saturated carbocycles. The maximum Gasteiger partial charge on any atom is 0.134 e. The van der Waals surface area contributed by atoms with Crippen molar-refractivity contribution >= 4 is 16.6 Å². The summed E-state index contributed by atoms with van der Waals surface area (Å²) in [7, 11) is 0. The fourth-order valence-corrected chi connectivity index (χ4v) is 2.15. The van der Waals surface area contributed by atoms with Crippen LogP contribution >= 0.6 is 0 Å². The van der Waals surface area contributed by atoms with Crippen LogP contribution < -0.4 is 5.32 Å². The van der Waals surface area contributed by atoms with Crippen LogP contribution in [0.15, 0.2) is 60.9 Å². The van der Waals surface area contributed by atoms with E-state index in [4.69, 9.17) is 0 Å². The average molecular weight is 249 g/mol. The van der Waals surface area contributed by atoms with Gasteiger partial charge < -0.3 is 5.32 Å². The van der Waals surface area contributed by atoms with E-state index >= 15 is 0 Å². The number of nitrogens with zero attached hydrogens (tertiary/aromatic N) is 2. The standard InChI is InChI=1S/C16H15N3/c1-12(15-8-4-5-10-17-15)19-16-14-7-3-2-6-13(14)9-11-18-16/h2-12H,1H3,(H,18,19). The molecule has 19 heavy (non-hydrogen) atoms. The van der Waals surface area contributed by atoms with Crippen LogP contribution in [-0.4, -0.2) is 9.97 Å². The molecule has 1 atom stereocenters. The molecule has 94 valence electrons. The van der Waals surface area contributed by atoms with E-state index in [0.717, 1.165) is 16.9 Å². The van der Waals surface area contributed by atoms with Gasteiger partial charge in [0.15, 0.2) is 0 Å². The van der Waals surface area contributed by atoms with Crippen molar-refractivity contribution in [1.82, 2.24) is 9.97 Å². The van der Waals surface area contributed by atoms with Crippen molar-refractivity contribution in [3.05, 3.63) is 66.6 Å². The van der Waals surface area contributed by atoms with E-state index in [-0.39, 0.29) is 6.04 Å². The van der Waals surface area contributed by atoms with E-state index in [1.807, 2.05) is 48.8 Å². The highest BCUT2D eigenvalue weighted by Crippen LogP contribution is 2.23. The molecule has 2 heterocycles. The van der Waals surface area contributed by atoms with Crippen LogP contribution in [0.25, 0.3) is 10.8 Å². The van der Waals surface area contributed by atoms with E-state index in [0.29, 0.717) is 0 Å². The Morgan fingerprint density at radius 1 is 0.895 bits per heavy atom. The summed E-state index contributed by atoms with van der Waals surface area (Å²) in [6.45, 7) is 2.09. The normalized spacial score (nSPS) is 12.3. The molecule has 0 radical (unpaired) electrons. The van der Waals surface area contributed by atoms with Crippen LogP contribution in [0.4, 0.5) is 5.82 Å². The first kappa shape index (κ1) is 11.7. The molecule has 0 amide bonds. The van der Waals surface area contributed by atoms with Crippen molar-refractivity contribution in [3.8, 4) is 0 Å². The minimum atomic E-state index is 0.125. The highest BCUT2D eigenvalue weighted by molar-refractivity contribution is 5.91. The topological polar surface area (TPSA) is 37.8 Å². The van der Waals surface area contributed by atoms with Crippen LogP contribution in [0.3, 0.4) is 0 Å². The molecule has 1 unspecified atom stereocenters. The first-order valence-electron chi connectivity index (χ1n) is 6.36. The van der Waals surface area contributed by atoms with E-state index in [2.05, 4.69) is 34.3 Å². The van der Waals surface area contributed by atoms with Gasteiger partial charge in [-0.15, -0.1) is 0 Å². The monoisotopic (exact) mass is 249 g/mol. The number of aromatic nitrogens is 2. The molecule has 0 bridgehead atoms. The summed E-state index contributed by atoms with van der Waals surface area (Å²) >= 11 is 0. The number of hydrogen-bond donors (Lipinski definition) is 1. The second-order valence-corrected chi connectivity index (χ2v) is 4.50. The van der Waals surface area contributed by atoms with Crippen molar-refractivity contribution in [2.45, 2.75) is 13.0 Å². The Hall–Kier alpha value is -2.42. The largest absolute Gasteiger partial charge is 0.361 e. The van der Waals surface area contributed by atoms with Gasteiger partial charge in [0.05, 0.1) is 11.7 Å². The van der Waals surface area contributed by atoms with Crippen molar-refractivity contribution in [2.24, 2.45) is 0 Å². The second kappa shape index (κ2) is 5.06. The van der Waals surface area contributed by atoms with Gasteiger partial charge in [0.25, 0.3) is 0 Å². The number of rotatable bonds is 3. The van der Waals surface area contributed by atoms with Gasteiger partial charge in [0, 0.05) is 17.8 Å². The number of fused-ring (bicyclic) bond motifs is 1. The number of anilines is 1. The number of pyridine rings is 2. The maximum atomic E-state index is 4.43. The molecular weight excluding hydrogens is 234 g/mol. The predicted octanol–water partition coefficient (Wildman–Crippen LogP) is 3.80. The summed E-state index contributed by atoms with van der Waals surface area (Å²) < 4.78 is 0. The molecule has 0 fully saturated rings. The van der Waals surface area contributed by atoms with E-state index < -0.39 is 0 Å². The first-order valence-corrected chi connectivity index (χ1v) is 6.36. The summed E-state index contributed by atoms with van der Waals surface area (Å²) in [5.41, 5.74) is 1.01. The number of benzene rings is 1. The van der Waals surface area contributed by atoms with Crippen molar-refractivity contribution < 1.29 is 0 Å². The summed E-state index contributed by atoms with van der Waals surface area (Å²) in [5.74, 6) is 0.899. The van der Waals surface area contributed by atoms with Gasteiger partial charge >= 0.3 is 0 Å². The maximum absolute atomic E-state index is 4.43. The summed E-state index contributed by atoms with van der Waals surface area (Å²) in [6.07, 6.45) is 3.64. The zero-order valence-electron chi connectivity index (χ0n) is 10.7. The van der Waals surface area contributed by atoms with Crippen molar-refractivity contribution in [3.63, 3.8) is 0 Å². The molecule has 1 aromatic carbocycles. The lowest BCUT2D eigenvalue weighted by Crippen LogP contribution is -2.09. The molecule has 2 aromatic heterocycles. The fraction of sp³-hybridized carbons (Fsp3) is 0.125. The molecule has 0 spiro atoms. The first-order chi connectivity index (χ1) is 9.34. The number of hydrogen-bond acceptors (Lipinski definition) is 3. The van der Waals surface area contributed by atoms with Gasteiger partial charge in [-0.25, -0.2) is 4.98 Å². The molecule has 3 aromatic rings. The molecular formula is C16H15N3. The third-order valence-electron chi connectivity index (χ3n) is 3.16. The fourth-order valence-electron chi connectivity index (χ4n) is 2.15. The summed E-state index contributed by atoms with van der Waals surface area (Å²) in [6, 6.07) is 16.3. The summed E-state index contributed by atoms with van der Waals surface area (Å²) in [4.78, 5) is 8.80. The lowest BCUT2D eigenvalue weighted by atomic mass is 10.1. The molecule has 3 nitrogen and oxygen atoms in total. The van der Waals surface area contributed by atoms with E-state index in [1.54, 1.807) is 0 Å². The Labute approximate surface area is 112 Å². The number of nitrogens with one attached hydrogen (secondary N) is 1. The van der Waals surface area contributed by atoms with Gasteiger partial charge in [0.1, 0.15) is 5.82 Å². The highest BCUT2D eigenvalue weighted by atomic mass is 15.0. The second-order valence-electron chi connectivity index (χ2n) is 4.50. The van der Waals surface area contributed by atoms with Gasteiger partial charge in [0.2, 0.25) is 0 Å². The molecule has 0 aliphatic rings. The average Bonchev–Trinajstić information content (AvgIpc) is 2.48. The minimum Gasteiger partial charge on any atom is -0.361 e. The van der Waals surface area contributed by atoms with Crippen LogP contribution in [0.1, 0.15) is 18.7 Å². The zero-order chi connectivity index (χ0) is 13.1. The van der Waals surface area contributed by atoms with Crippen LogP contribution in [0.2, 0.25) is 0 Å². The van der Waals surface area contributed by atoms with Crippen LogP contribution in [-0.2, 0) is 0 Å². The SMILES string of the molecule is CC(Nc1nccc2ccccc12)c1ccccn1.